The molecular weight excluding hydrogens is 682 g/mol. The predicted octanol–water partition coefficient (Wildman–Crippen LogP) is 3.56. The van der Waals surface area contributed by atoms with E-state index in [-0.39, 0.29) is 19.2 Å². The van der Waals surface area contributed by atoms with Gasteiger partial charge in [-0.1, -0.05) is 13.3 Å². The first-order chi connectivity index (χ1) is 25.3. The number of anilines is 1. The summed E-state index contributed by atoms with van der Waals surface area (Å²) in [5.74, 6) is -0.756. The van der Waals surface area contributed by atoms with E-state index in [0.29, 0.717) is 131 Å². The van der Waals surface area contributed by atoms with Crippen molar-refractivity contribution < 1.29 is 66.4 Å². The molecule has 0 fully saturated rings. The molecule has 52 heavy (non-hydrogen) atoms. The second-order valence-electron chi connectivity index (χ2n) is 12.1. The molecule has 0 radical (unpaired) electrons. The lowest BCUT2D eigenvalue weighted by Gasteiger charge is -2.19. The molecule has 0 saturated carbocycles. The molecule has 0 spiro atoms. The van der Waals surface area contributed by atoms with Crippen molar-refractivity contribution in [1.29, 1.82) is 0 Å². The summed E-state index contributed by atoms with van der Waals surface area (Å²) >= 11 is 0. The van der Waals surface area contributed by atoms with Crippen LogP contribution in [0.25, 0.3) is 0 Å². The third-order valence-electron chi connectivity index (χ3n) is 6.43. The molecule has 0 saturated heterocycles. The van der Waals surface area contributed by atoms with Crippen molar-refractivity contribution in [1.82, 2.24) is 0 Å². The topological polar surface area (TPSA) is 157 Å². The van der Waals surface area contributed by atoms with Crippen molar-refractivity contribution in [2.24, 2.45) is 0 Å². The van der Waals surface area contributed by atoms with Crippen LogP contribution in [0.15, 0.2) is 24.3 Å². The number of carbonyl (C=O) groups is 2. The van der Waals surface area contributed by atoms with Crippen molar-refractivity contribution in [2.45, 2.75) is 46.1 Å². The molecule has 1 rings (SSSR count). The molecule has 0 bridgehead atoms. The van der Waals surface area contributed by atoms with Gasteiger partial charge in [0.05, 0.1) is 131 Å². The third-order valence-corrected chi connectivity index (χ3v) is 6.43. The normalized spacial score (nSPS) is 11.5. The lowest BCUT2D eigenvalue weighted by atomic mass is 10.2. The molecule has 0 aliphatic carbocycles. The van der Waals surface area contributed by atoms with Crippen LogP contribution in [0.4, 0.5) is 5.69 Å². The molecule has 1 N–H and O–H groups in total. The van der Waals surface area contributed by atoms with Crippen LogP contribution in [-0.4, -0.2) is 163 Å². The maximum Gasteiger partial charge on any atom is 0.338 e. The highest BCUT2D eigenvalue weighted by molar-refractivity contribution is 5.89. The largest absolute Gasteiger partial charge is 0.460 e. The first-order valence-corrected chi connectivity index (χ1v) is 18.3. The fraction of sp³-hybridized carbons (Fsp3) is 0.784. The Morgan fingerprint density at radius 3 is 1.21 bits per heavy atom. The maximum absolute atomic E-state index is 12.1. The first kappa shape index (κ1) is 47.6. The van der Waals surface area contributed by atoms with Gasteiger partial charge in [-0.15, -0.1) is 0 Å². The van der Waals surface area contributed by atoms with E-state index in [4.69, 9.17) is 56.8 Å². The Morgan fingerprint density at radius 2 is 0.865 bits per heavy atom. The number of esters is 2. The van der Waals surface area contributed by atoms with Crippen LogP contribution in [0.1, 0.15) is 50.9 Å². The van der Waals surface area contributed by atoms with Crippen LogP contribution in [0, 0.1) is 0 Å². The van der Waals surface area contributed by atoms with E-state index in [9.17, 15) is 9.59 Å². The number of hydrogen-bond acceptors (Lipinski definition) is 15. The number of benzene rings is 1. The van der Waals surface area contributed by atoms with Gasteiger partial charge < -0.3 is 62.2 Å². The summed E-state index contributed by atoms with van der Waals surface area (Å²) in [6.45, 7) is 17.0. The van der Waals surface area contributed by atoms with Gasteiger partial charge in [0.2, 0.25) is 0 Å². The summed E-state index contributed by atoms with van der Waals surface area (Å²) < 4.78 is 64.7. The summed E-state index contributed by atoms with van der Waals surface area (Å²) in [6.07, 6.45) is 2.24. The second kappa shape index (κ2) is 34.3. The van der Waals surface area contributed by atoms with Gasteiger partial charge in [0.25, 0.3) is 0 Å². The minimum atomic E-state index is -0.516. The number of ether oxygens (including phenoxy) is 12. The van der Waals surface area contributed by atoms with Crippen LogP contribution in [-0.2, 0) is 61.6 Å². The molecule has 0 aliphatic rings. The number of nitrogens with one attached hydrogen (secondary N) is 1. The molecule has 1 aromatic carbocycles. The Labute approximate surface area is 310 Å². The molecule has 0 aliphatic heterocycles. The van der Waals surface area contributed by atoms with Gasteiger partial charge in [-0.2, -0.15) is 0 Å². The van der Waals surface area contributed by atoms with Gasteiger partial charge in [-0.05, 0) is 51.5 Å². The zero-order valence-electron chi connectivity index (χ0n) is 32.0. The van der Waals surface area contributed by atoms with Crippen LogP contribution >= 0.6 is 0 Å². The highest BCUT2D eigenvalue weighted by Crippen LogP contribution is 2.11. The van der Waals surface area contributed by atoms with Crippen molar-refractivity contribution in [3.8, 4) is 0 Å². The minimum absolute atomic E-state index is 0.0881. The summed E-state index contributed by atoms with van der Waals surface area (Å²) in [5, 5.41) is 3.32. The quantitative estimate of drug-likeness (QED) is 0.0778. The molecule has 0 unspecified atom stereocenters. The van der Waals surface area contributed by atoms with Crippen LogP contribution in [0.3, 0.4) is 0 Å². The minimum Gasteiger partial charge on any atom is -0.460 e. The lowest BCUT2D eigenvalue weighted by molar-refractivity contribution is -0.160. The van der Waals surface area contributed by atoms with Crippen molar-refractivity contribution in [3.05, 3.63) is 29.8 Å². The van der Waals surface area contributed by atoms with Crippen LogP contribution in [0.5, 0.6) is 0 Å². The number of carbonyl (C=O) groups excluding carboxylic acids is 2. The molecule has 1 aromatic rings. The van der Waals surface area contributed by atoms with Crippen LogP contribution < -0.4 is 5.32 Å². The predicted molar refractivity (Wildman–Crippen MR) is 194 cm³/mol. The van der Waals surface area contributed by atoms with Gasteiger partial charge in [0.1, 0.15) is 18.8 Å². The van der Waals surface area contributed by atoms with Crippen molar-refractivity contribution in [3.63, 3.8) is 0 Å². The standard InChI is InChI=1S/C37H65NO14/c1-5-6-11-38-34-9-7-33(8-10-34)36(40)51-31-30-49-27-26-47-23-22-45-19-18-43-15-14-41-12-13-42-16-17-44-20-21-46-24-25-48-28-29-50-32-35(39)52-37(2,3)4/h7-10,38H,5-6,11-32H2,1-4H3. The zero-order valence-corrected chi connectivity index (χ0v) is 32.0. The maximum atomic E-state index is 12.1. The molecular formula is C37H65NO14. The summed E-state index contributed by atoms with van der Waals surface area (Å²) in [5.41, 5.74) is 0.991. The van der Waals surface area contributed by atoms with Gasteiger partial charge >= 0.3 is 11.9 Å². The highest BCUT2D eigenvalue weighted by atomic mass is 16.6. The van der Waals surface area contributed by atoms with Gasteiger partial charge in [-0.25, -0.2) is 9.59 Å². The fourth-order valence-corrected chi connectivity index (χ4v) is 3.92. The fourth-order valence-electron chi connectivity index (χ4n) is 3.92. The smallest absolute Gasteiger partial charge is 0.338 e. The SMILES string of the molecule is CCCCNc1ccc(C(=O)OCCOCCOCCOCCOCCOCCOCCOCCOCCOCCOCC(=O)OC(C)(C)C)cc1. The Balaban J connectivity index is 1.70. The van der Waals surface area contributed by atoms with E-state index in [1.165, 1.54) is 0 Å². The molecule has 0 heterocycles. The summed E-state index contributed by atoms with van der Waals surface area (Å²) in [4.78, 5) is 23.6. The molecule has 0 aromatic heterocycles. The van der Waals surface area contributed by atoms with Crippen molar-refractivity contribution >= 4 is 17.6 Å². The van der Waals surface area contributed by atoms with Crippen molar-refractivity contribution in [2.75, 3.05) is 151 Å². The van der Waals surface area contributed by atoms with E-state index < -0.39 is 11.6 Å². The molecule has 0 atom stereocenters. The Kier molecular flexibility index (Phi) is 31.4. The number of unbranched alkanes of at least 4 members (excludes halogenated alkanes) is 1. The number of rotatable bonds is 37. The van der Waals surface area contributed by atoms with E-state index in [2.05, 4.69) is 12.2 Å². The van der Waals surface area contributed by atoms with Gasteiger partial charge in [-0.3, -0.25) is 0 Å². The Bertz CT molecular complexity index is 961. The zero-order chi connectivity index (χ0) is 37.8. The van der Waals surface area contributed by atoms with E-state index >= 15 is 0 Å². The molecule has 15 heteroatoms. The van der Waals surface area contributed by atoms with Gasteiger partial charge in [0, 0.05) is 12.2 Å². The highest BCUT2D eigenvalue weighted by Gasteiger charge is 2.16. The Morgan fingerprint density at radius 1 is 0.519 bits per heavy atom. The monoisotopic (exact) mass is 747 g/mol. The molecule has 302 valence electrons. The van der Waals surface area contributed by atoms with E-state index in [1.807, 2.05) is 32.9 Å². The lowest BCUT2D eigenvalue weighted by Crippen LogP contribution is -2.27. The second-order valence-corrected chi connectivity index (χ2v) is 12.1. The average molecular weight is 748 g/mol. The molecule has 0 amide bonds. The average Bonchev–Trinajstić information content (AvgIpc) is 3.11. The third kappa shape index (κ3) is 32.2. The van der Waals surface area contributed by atoms with E-state index in [1.54, 1.807) is 12.1 Å². The summed E-state index contributed by atoms with van der Waals surface area (Å²) in [7, 11) is 0. The molecule has 15 nitrogen and oxygen atoms in total. The van der Waals surface area contributed by atoms with Crippen LogP contribution in [0.2, 0.25) is 0 Å². The first-order valence-electron chi connectivity index (χ1n) is 18.3. The number of hydrogen-bond donors (Lipinski definition) is 1. The summed E-state index contributed by atoms with van der Waals surface area (Å²) in [6, 6.07) is 7.28. The van der Waals surface area contributed by atoms with E-state index in [0.717, 1.165) is 25.1 Å². The Hall–Kier alpha value is -2.44. The van der Waals surface area contributed by atoms with Gasteiger partial charge in [0.15, 0.2) is 0 Å².